The van der Waals surface area contributed by atoms with Crippen LogP contribution in [0.4, 0.5) is 5.82 Å². The van der Waals surface area contributed by atoms with Crippen molar-refractivity contribution in [2.75, 3.05) is 31.1 Å². The Morgan fingerprint density at radius 2 is 1.77 bits per heavy atom. The number of pyridine rings is 1. The van der Waals surface area contributed by atoms with Gasteiger partial charge in [-0.15, -0.1) is 0 Å². The first-order valence-electron chi connectivity index (χ1n) is 10.5. The van der Waals surface area contributed by atoms with Crippen molar-refractivity contribution >= 4 is 39.6 Å². The van der Waals surface area contributed by atoms with Crippen LogP contribution in [0.2, 0.25) is 5.02 Å². The minimum absolute atomic E-state index is 0.623. The maximum Gasteiger partial charge on any atom is 0.176 e. The molecule has 0 amide bonds. The van der Waals surface area contributed by atoms with Gasteiger partial charge in [-0.05, 0) is 31.2 Å². The Kier molecular flexibility index (Phi) is 4.33. The second-order valence-electron chi connectivity index (χ2n) is 8.05. The van der Waals surface area contributed by atoms with Crippen molar-refractivity contribution in [1.29, 1.82) is 0 Å². The number of rotatable bonds is 3. The molecule has 1 aliphatic rings. The number of anilines is 1. The van der Waals surface area contributed by atoms with Crippen molar-refractivity contribution in [3.05, 3.63) is 71.3 Å². The number of benzene rings is 1. The zero-order chi connectivity index (χ0) is 20.9. The van der Waals surface area contributed by atoms with E-state index in [4.69, 9.17) is 21.6 Å². The minimum Gasteiger partial charge on any atom is -0.353 e. The summed E-state index contributed by atoms with van der Waals surface area (Å²) in [6.07, 6.45) is 4.16. The molecule has 31 heavy (non-hydrogen) atoms. The summed E-state index contributed by atoms with van der Waals surface area (Å²) in [6.45, 7) is 6.51. The molecule has 0 saturated carbocycles. The maximum absolute atomic E-state index is 6.52. The van der Waals surface area contributed by atoms with Crippen molar-refractivity contribution in [2.24, 2.45) is 0 Å². The van der Waals surface area contributed by atoms with Crippen molar-refractivity contribution in [2.45, 2.75) is 13.5 Å². The van der Waals surface area contributed by atoms with Gasteiger partial charge in [-0.2, -0.15) is 5.10 Å². The summed E-state index contributed by atoms with van der Waals surface area (Å²) in [4.78, 5) is 14.5. The lowest BCUT2D eigenvalue weighted by atomic mass is 10.2. The van der Waals surface area contributed by atoms with Gasteiger partial charge in [0.2, 0.25) is 0 Å². The molecule has 1 aromatic carbocycles. The molecule has 0 radical (unpaired) electrons. The molecular weight excluding hydrogens is 410 g/mol. The average Bonchev–Trinajstić information content (AvgIpc) is 3.34. The van der Waals surface area contributed by atoms with Gasteiger partial charge in [0.05, 0.1) is 16.9 Å². The van der Waals surface area contributed by atoms with Crippen molar-refractivity contribution in [1.82, 2.24) is 28.9 Å². The lowest BCUT2D eigenvalue weighted by Gasteiger charge is -2.35. The number of hydrogen-bond acceptors (Lipinski definition) is 5. The quantitative estimate of drug-likeness (QED) is 0.434. The van der Waals surface area contributed by atoms with Gasteiger partial charge in [-0.25, -0.2) is 14.5 Å². The second kappa shape index (κ2) is 7.21. The van der Waals surface area contributed by atoms with Gasteiger partial charge in [-0.3, -0.25) is 4.90 Å². The van der Waals surface area contributed by atoms with Gasteiger partial charge in [0.15, 0.2) is 5.65 Å². The molecule has 1 aliphatic heterocycles. The highest BCUT2D eigenvalue weighted by molar-refractivity contribution is 6.34. The molecule has 5 aromatic rings. The Hall–Kier alpha value is -3.16. The van der Waals surface area contributed by atoms with E-state index >= 15 is 0 Å². The summed E-state index contributed by atoms with van der Waals surface area (Å²) >= 11 is 6.52. The predicted octanol–water partition coefficient (Wildman–Crippen LogP) is 3.81. The number of hydrogen-bond donors (Lipinski definition) is 0. The van der Waals surface area contributed by atoms with Crippen molar-refractivity contribution in [3.8, 4) is 0 Å². The van der Waals surface area contributed by atoms with Gasteiger partial charge < -0.3 is 9.30 Å². The summed E-state index contributed by atoms with van der Waals surface area (Å²) < 4.78 is 3.93. The Morgan fingerprint density at radius 1 is 0.968 bits per heavy atom. The molecular formula is C23H22ClN7. The number of fused-ring (bicyclic) bond motifs is 4. The Balaban J connectivity index is 1.27. The van der Waals surface area contributed by atoms with Crippen LogP contribution in [-0.2, 0) is 6.54 Å². The van der Waals surface area contributed by atoms with E-state index < -0.39 is 0 Å². The maximum atomic E-state index is 6.52. The molecule has 1 fully saturated rings. The Bertz CT molecular complexity index is 1380. The van der Waals surface area contributed by atoms with E-state index in [0.717, 1.165) is 72.1 Å². The van der Waals surface area contributed by atoms with E-state index in [1.165, 1.54) is 0 Å². The number of aromatic nitrogens is 5. The highest BCUT2D eigenvalue weighted by Gasteiger charge is 2.23. The lowest BCUT2D eigenvalue weighted by molar-refractivity contribution is 0.247. The van der Waals surface area contributed by atoms with Crippen LogP contribution in [0.15, 0.2) is 54.9 Å². The van der Waals surface area contributed by atoms with E-state index in [9.17, 15) is 0 Å². The molecule has 4 aromatic heterocycles. The highest BCUT2D eigenvalue weighted by Crippen LogP contribution is 2.30. The van der Waals surface area contributed by atoms with Crippen LogP contribution < -0.4 is 4.90 Å². The topological polar surface area (TPSA) is 54.0 Å². The fraction of sp³-hybridized carbons (Fsp3) is 0.261. The van der Waals surface area contributed by atoms with Gasteiger partial charge >= 0.3 is 0 Å². The number of halogens is 1. The Morgan fingerprint density at radius 3 is 2.61 bits per heavy atom. The predicted molar refractivity (Wildman–Crippen MR) is 123 cm³/mol. The van der Waals surface area contributed by atoms with Crippen LogP contribution in [0.1, 0.15) is 11.4 Å². The molecule has 8 heteroatoms. The summed E-state index contributed by atoms with van der Waals surface area (Å²) in [5, 5.41) is 6.31. The molecule has 0 spiro atoms. The molecule has 0 unspecified atom stereocenters. The van der Waals surface area contributed by atoms with Gasteiger partial charge in [0, 0.05) is 50.5 Å². The normalized spacial score (nSPS) is 15.5. The van der Waals surface area contributed by atoms with Crippen LogP contribution in [0, 0.1) is 6.92 Å². The molecule has 1 saturated heterocycles. The van der Waals surface area contributed by atoms with Crippen LogP contribution in [0.5, 0.6) is 0 Å². The van der Waals surface area contributed by atoms with E-state index in [2.05, 4.69) is 43.7 Å². The largest absolute Gasteiger partial charge is 0.353 e. The first-order chi connectivity index (χ1) is 15.2. The molecule has 0 atom stereocenters. The van der Waals surface area contributed by atoms with E-state index in [0.29, 0.717) is 5.02 Å². The highest BCUT2D eigenvalue weighted by atomic mass is 35.5. The van der Waals surface area contributed by atoms with Crippen LogP contribution in [0.3, 0.4) is 0 Å². The van der Waals surface area contributed by atoms with E-state index in [-0.39, 0.29) is 0 Å². The number of aryl methyl sites for hydroxylation is 1. The van der Waals surface area contributed by atoms with E-state index in [1.54, 1.807) is 0 Å². The minimum atomic E-state index is 0.623. The third-order valence-electron chi connectivity index (χ3n) is 6.02. The fourth-order valence-electron chi connectivity index (χ4n) is 4.42. The standard InChI is InChI=1S/C23H22ClN7/c1-16-21(24)23-26-22(18-6-2-3-7-19(18)31(23)27-16)29-12-10-28(11-13-29)14-17-15-30-9-5-4-8-20(30)25-17/h2-9,15H,10-14H2,1H3. The third kappa shape index (κ3) is 3.12. The molecule has 0 aliphatic carbocycles. The SMILES string of the molecule is Cc1nn2c(nc(N3CCN(Cc4cn5ccccc5n4)CC3)c3ccccc32)c1Cl. The molecule has 6 rings (SSSR count). The summed E-state index contributed by atoms with van der Waals surface area (Å²) in [5.41, 5.74) is 4.65. The zero-order valence-electron chi connectivity index (χ0n) is 17.2. The smallest absolute Gasteiger partial charge is 0.176 e. The number of piperazine rings is 1. The van der Waals surface area contributed by atoms with Gasteiger partial charge in [0.25, 0.3) is 0 Å². The first-order valence-corrected chi connectivity index (χ1v) is 10.9. The molecule has 5 heterocycles. The second-order valence-corrected chi connectivity index (χ2v) is 8.43. The number of para-hydroxylation sites is 1. The molecule has 0 bridgehead atoms. The van der Waals surface area contributed by atoms with Crippen molar-refractivity contribution in [3.63, 3.8) is 0 Å². The lowest BCUT2D eigenvalue weighted by Crippen LogP contribution is -2.46. The zero-order valence-corrected chi connectivity index (χ0v) is 18.0. The summed E-state index contributed by atoms with van der Waals surface area (Å²) in [6, 6.07) is 14.4. The first kappa shape index (κ1) is 18.6. The number of nitrogens with zero attached hydrogens (tertiary/aromatic N) is 7. The molecule has 156 valence electrons. The fourth-order valence-corrected chi connectivity index (χ4v) is 4.58. The van der Waals surface area contributed by atoms with Gasteiger partial charge in [-0.1, -0.05) is 29.8 Å². The van der Waals surface area contributed by atoms with Gasteiger partial charge in [0.1, 0.15) is 16.5 Å². The van der Waals surface area contributed by atoms with Crippen LogP contribution in [0.25, 0.3) is 22.2 Å². The molecule has 0 N–H and O–H groups in total. The monoisotopic (exact) mass is 431 g/mol. The molecule has 7 nitrogen and oxygen atoms in total. The van der Waals surface area contributed by atoms with E-state index in [1.807, 2.05) is 41.9 Å². The average molecular weight is 432 g/mol. The third-order valence-corrected chi connectivity index (χ3v) is 6.46. The van der Waals surface area contributed by atoms with Crippen LogP contribution >= 0.6 is 11.6 Å². The summed E-state index contributed by atoms with van der Waals surface area (Å²) in [7, 11) is 0. The van der Waals surface area contributed by atoms with Crippen LogP contribution in [-0.4, -0.2) is 55.1 Å². The Labute approximate surface area is 184 Å². The number of imidazole rings is 1. The summed E-state index contributed by atoms with van der Waals surface area (Å²) in [5.74, 6) is 0.984. The van der Waals surface area contributed by atoms with Crippen molar-refractivity contribution < 1.29 is 0 Å².